The Morgan fingerprint density at radius 3 is 2.90 bits per heavy atom. The number of amidine groups is 1. The first-order valence-electron chi connectivity index (χ1n) is 7.55. The summed E-state index contributed by atoms with van der Waals surface area (Å²) < 4.78 is 6.13. The normalized spacial score (nSPS) is 21.1. The second-order valence-corrected chi connectivity index (χ2v) is 5.66. The molecule has 4 nitrogen and oxygen atoms in total. The summed E-state index contributed by atoms with van der Waals surface area (Å²) >= 11 is 0. The topological polar surface area (TPSA) is 36.9 Å². The van der Waals surface area contributed by atoms with Gasteiger partial charge in [0.15, 0.2) is 0 Å². The molecule has 20 heavy (non-hydrogen) atoms. The molecule has 3 rings (SSSR count). The molecule has 2 aliphatic heterocycles. The van der Waals surface area contributed by atoms with Crippen LogP contribution >= 0.6 is 0 Å². The van der Waals surface area contributed by atoms with Gasteiger partial charge in [-0.2, -0.15) is 0 Å². The number of piperidine rings is 1. The predicted molar refractivity (Wildman–Crippen MR) is 81.6 cm³/mol. The Bertz CT molecular complexity index is 478. The highest BCUT2D eigenvalue weighted by Gasteiger charge is 2.18. The Labute approximate surface area is 120 Å². The standard InChI is InChI=1S/C16H23N3O/c1-19-10-6-14(7-11-19)20-15-5-2-4-13(12-15)16-17-8-3-9-18-16/h2,4-5,12,14H,3,6-11H2,1H3,(H,17,18). The van der Waals surface area contributed by atoms with E-state index in [0.717, 1.165) is 62.6 Å². The molecule has 0 saturated carbocycles. The molecule has 1 N–H and O–H groups in total. The minimum atomic E-state index is 0.350. The monoisotopic (exact) mass is 273 g/mol. The molecule has 108 valence electrons. The maximum absolute atomic E-state index is 6.13. The molecule has 1 aromatic rings. The van der Waals surface area contributed by atoms with E-state index in [9.17, 15) is 0 Å². The van der Waals surface area contributed by atoms with Crippen LogP contribution in [-0.2, 0) is 0 Å². The Morgan fingerprint density at radius 1 is 1.30 bits per heavy atom. The number of benzene rings is 1. The van der Waals surface area contributed by atoms with Crippen LogP contribution in [0, 0.1) is 0 Å². The van der Waals surface area contributed by atoms with Gasteiger partial charge in [-0.05, 0) is 38.4 Å². The van der Waals surface area contributed by atoms with Gasteiger partial charge >= 0.3 is 0 Å². The van der Waals surface area contributed by atoms with Gasteiger partial charge in [-0.25, -0.2) is 0 Å². The molecule has 4 heteroatoms. The molecule has 2 heterocycles. The van der Waals surface area contributed by atoms with E-state index in [1.807, 2.05) is 6.07 Å². The van der Waals surface area contributed by atoms with Crippen molar-refractivity contribution in [2.75, 3.05) is 33.2 Å². The highest BCUT2D eigenvalue weighted by Crippen LogP contribution is 2.20. The van der Waals surface area contributed by atoms with Crippen LogP contribution in [0.2, 0.25) is 0 Å². The third-order valence-corrected chi connectivity index (χ3v) is 3.97. The van der Waals surface area contributed by atoms with Crippen LogP contribution in [-0.4, -0.2) is 50.1 Å². The van der Waals surface area contributed by atoms with Crippen molar-refractivity contribution in [1.82, 2.24) is 10.2 Å². The lowest BCUT2D eigenvalue weighted by molar-refractivity contribution is 0.114. The van der Waals surface area contributed by atoms with Crippen molar-refractivity contribution >= 4 is 5.84 Å². The highest BCUT2D eigenvalue weighted by molar-refractivity contribution is 5.99. The largest absolute Gasteiger partial charge is 0.490 e. The predicted octanol–water partition coefficient (Wildman–Crippen LogP) is 1.90. The quantitative estimate of drug-likeness (QED) is 0.914. The van der Waals surface area contributed by atoms with Crippen LogP contribution < -0.4 is 10.1 Å². The molecule has 0 atom stereocenters. The molecule has 1 aromatic carbocycles. The minimum absolute atomic E-state index is 0.350. The highest BCUT2D eigenvalue weighted by atomic mass is 16.5. The molecule has 0 aliphatic carbocycles. The number of likely N-dealkylation sites (tertiary alicyclic amines) is 1. The zero-order valence-corrected chi connectivity index (χ0v) is 12.1. The number of aliphatic imine (C=N–C) groups is 1. The van der Waals surface area contributed by atoms with Crippen molar-refractivity contribution in [2.24, 2.45) is 4.99 Å². The summed E-state index contributed by atoms with van der Waals surface area (Å²) in [5.41, 5.74) is 1.13. The van der Waals surface area contributed by atoms with Gasteiger partial charge < -0.3 is 15.0 Å². The van der Waals surface area contributed by atoms with E-state index in [1.165, 1.54) is 0 Å². The first-order valence-corrected chi connectivity index (χ1v) is 7.55. The zero-order valence-electron chi connectivity index (χ0n) is 12.1. The summed E-state index contributed by atoms with van der Waals surface area (Å²) in [6.45, 7) is 4.18. The molecular formula is C16H23N3O. The van der Waals surface area contributed by atoms with Crippen molar-refractivity contribution in [3.8, 4) is 5.75 Å². The molecule has 0 aromatic heterocycles. The van der Waals surface area contributed by atoms with Gasteiger partial charge in [-0.15, -0.1) is 0 Å². The van der Waals surface area contributed by atoms with Crippen molar-refractivity contribution in [2.45, 2.75) is 25.4 Å². The molecule has 2 aliphatic rings. The van der Waals surface area contributed by atoms with Crippen molar-refractivity contribution in [3.05, 3.63) is 29.8 Å². The summed E-state index contributed by atoms with van der Waals surface area (Å²) in [6, 6.07) is 8.30. The lowest BCUT2D eigenvalue weighted by Crippen LogP contribution is -2.35. The van der Waals surface area contributed by atoms with Crippen LogP contribution in [0.1, 0.15) is 24.8 Å². The number of ether oxygens (including phenoxy) is 1. The smallest absolute Gasteiger partial charge is 0.128 e. The van der Waals surface area contributed by atoms with Gasteiger partial charge in [-0.3, -0.25) is 4.99 Å². The second-order valence-electron chi connectivity index (χ2n) is 5.66. The molecule has 1 saturated heterocycles. The Balaban J connectivity index is 1.66. The van der Waals surface area contributed by atoms with Gasteiger partial charge in [0.25, 0.3) is 0 Å². The molecule has 0 bridgehead atoms. The first kappa shape index (κ1) is 13.4. The van der Waals surface area contributed by atoms with Gasteiger partial charge in [0.1, 0.15) is 17.7 Å². The summed E-state index contributed by atoms with van der Waals surface area (Å²) in [5.74, 6) is 1.97. The zero-order chi connectivity index (χ0) is 13.8. The fourth-order valence-corrected chi connectivity index (χ4v) is 2.74. The van der Waals surface area contributed by atoms with Gasteiger partial charge in [0.2, 0.25) is 0 Å². The van der Waals surface area contributed by atoms with E-state index in [4.69, 9.17) is 4.74 Å². The van der Waals surface area contributed by atoms with E-state index >= 15 is 0 Å². The fraction of sp³-hybridized carbons (Fsp3) is 0.562. The second kappa shape index (κ2) is 6.27. The number of hydrogen-bond acceptors (Lipinski definition) is 4. The SMILES string of the molecule is CN1CCC(Oc2cccc(C3=NCCCN3)c2)CC1. The van der Waals surface area contributed by atoms with E-state index < -0.39 is 0 Å². The molecule has 0 amide bonds. The average molecular weight is 273 g/mol. The van der Waals surface area contributed by atoms with E-state index in [-0.39, 0.29) is 0 Å². The third-order valence-electron chi connectivity index (χ3n) is 3.97. The number of rotatable bonds is 3. The average Bonchev–Trinajstić information content (AvgIpc) is 2.51. The minimum Gasteiger partial charge on any atom is -0.490 e. The fourth-order valence-electron chi connectivity index (χ4n) is 2.74. The Morgan fingerprint density at radius 2 is 2.15 bits per heavy atom. The summed E-state index contributed by atoms with van der Waals surface area (Å²) in [5, 5.41) is 3.36. The maximum atomic E-state index is 6.13. The summed E-state index contributed by atoms with van der Waals surface area (Å²) in [4.78, 5) is 6.90. The molecule has 0 radical (unpaired) electrons. The number of hydrogen-bond donors (Lipinski definition) is 1. The summed E-state index contributed by atoms with van der Waals surface area (Å²) in [6.07, 6.45) is 3.69. The van der Waals surface area contributed by atoms with Gasteiger partial charge in [0, 0.05) is 31.7 Å². The van der Waals surface area contributed by atoms with Crippen LogP contribution in [0.15, 0.2) is 29.3 Å². The third kappa shape index (κ3) is 3.31. The van der Waals surface area contributed by atoms with Crippen molar-refractivity contribution in [3.63, 3.8) is 0 Å². The van der Waals surface area contributed by atoms with E-state index in [0.29, 0.717) is 6.10 Å². The molecular weight excluding hydrogens is 250 g/mol. The van der Waals surface area contributed by atoms with Crippen LogP contribution in [0.3, 0.4) is 0 Å². The summed E-state index contributed by atoms with van der Waals surface area (Å²) in [7, 11) is 2.17. The lowest BCUT2D eigenvalue weighted by Gasteiger charge is -2.29. The molecule has 1 fully saturated rings. The Hall–Kier alpha value is -1.55. The molecule has 0 unspecified atom stereocenters. The van der Waals surface area contributed by atoms with Gasteiger partial charge in [-0.1, -0.05) is 12.1 Å². The van der Waals surface area contributed by atoms with Crippen LogP contribution in [0.25, 0.3) is 0 Å². The van der Waals surface area contributed by atoms with Crippen molar-refractivity contribution in [1.29, 1.82) is 0 Å². The number of nitrogens with zero attached hydrogens (tertiary/aromatic N) is 2. The van der Waals surface area contributed by atoms with Crippen LogP contribution in [0.4, 0.5) is 0 Å². The van der Waals surface area contributed by atoms with Crippen molar-refractivity contribution < 1.29 is 4.74 Å². The molecule has 0 spiro atoms. The van der Waals surface area contributed by atoms with E-state index in [2.05, 4.69) is 40.5 Å². The lowest BCUT2D eigenvalue weighted by atomic mass is 10.1. The van der Waals surface area contributed by atoms with E-state index in [1.54, 1.807) is 0 Å². The van der Waals surface area contributed by atoms with Crippen LogP contribution in [0.5, 0.6) is 5.75 Å². The van der Waals surface area contributed by atoms with Gasteiger partial charge in [0.05, 0.1) is 0 Å². The maximum Gasteiger partial charge on any atom is 0.128 e. The number of nitrogens with one attached hydrogen (secondary N) is 1. The first-order chi connectivity index (χ1) is 9.81. The Kier molecular flexibility index (Phi) is 4.21.